The molecule has 1 aliphatic heterocycles. The van der Waals surface area contributed by atoms with E-state index in [-0.39, 0.29) is 16.0 Å². The van der Waals surface area contributed by atoms with Crippen LogP contribution in [0.3, 0.4) is 0 Å². The molecule has 0 aliphatic carbocycles. The molecule has 0 bridgehead atoms. The first-order valence-corrected chi connectivity index (χ1v) is 5.94. The van der Waals surface area contributed by atoms with Crippen LogP contribution in [0.2, 0.25) is 0 Å². The van der Waals surface area contributed by atoms with Gasteiger partial charge in [-0.05, 0) is 12.5 Å². The van der Waals surface area contributed by atoms with Crippen molar-refractivity contribution in [1.82, 2.24) is 9.55 Å². The highest BCUT2D eigenvalue weighted by Gasteiger charge is 2.63. The molecule has 6 heteroatoms. The van der Waals surface area contributed by atoms with Crippen molar-refractivity contribution >= 4 is 5.57 Å². The second-order valence-corrected chi connectivity index (χ2v) is 4.60. The summed E-state index contributed by atoms with van der Waals surface area (Å²) in [5, 5.41) is 0. The second kappa shape index (κ2) is 3.94. The second-order valence-electron chi connectivity index (χ2n) is 4.60. The van der Waals surface area contributed by atoms with Gasteiger partial charge in [-0.3, -0.25) is 4.57 Å². The van der Waals surface area contributed by atoms with Crippen molar-refractivity contribution in [2.24, 2.45) is 0 Å². The Kier molecular flexibility index (Phi) is 2.54. The zero-order valence-corrected chi connectivity index (χ0v) is 10.4. The third-order valence-corrected chi connectivity index (χ3v) is 3.45. The zero-order valence-electron chi connectivity index (χ0n) is 10.4. The molecule has 0 spiro atoms. The quantitative estimate of drug-likeness (QED) is 0.725. The first kappa shape index (κ1) is 12.9. The topological polar surface area (TPSA) is 17.8 Å². The molecule has 20 heavy (non-hydrogen) atoms. The average molecular weight is 282 g/mol. The number of allylic oxidation sites excluding steroid dienone is 1. The van der Waals surface area contributed by atoms with Crippen LogP contribution in [0.4, 0.5) is 17.6 Å². The first-order chi connectivity index (χ1) is 9.37. The van der Waals surface area contributed by atoms with Gasteiger partial charge in [0.15, 0.2) is 0 Å². The van der Waals surface area contributed by atoms with Gasteiger partial charge in [0.25, 0.3) is 0 Å². The van der Waals surface area contributed by atoms with Crippen molar-refractivity contribution in [2.75, 3.05) is 0 Å². The molecule has 0 saturated heterocycles. The minimum atomic E-state index is -4.32. The maximum Gasteiger partial charge on any atom is 0.397 e. The standard InChI is InChI=1S/C14H10F4N2/c1-9-11(10-5-3-2-4-6-10)12-19-7-8-20(12)14(17,18)13(9,15)16/h2-8H,1H3. The predicted octanol–water partition coefficient (Wildman–Crippen LogP) is 3.90. The largest absolute Gasteiger partial charge is 0.397 e. The molecule has 0 radical (unpaired) electrons. The summed E-state index contributed by atoms with van der Waals surface area (Å²) in [6, 6.07) is 3.92. The van der Waals surface area contributed by atoms with Gasteiger partial charge in [0, 0.05) is 23.5 Å². The smallest absolute Gasteiger partial charge is 0.265 e. The number of benzene rings is 1. The van der Waals surface area contributed by atoms with E-state index in [1.165, 1.54) is 0 Å². The summed E-state index contributed by atoms with van der Waals surface area (Å²) in [5.41, 5.74) is -0.188. The fourth-order valence-electron chi connectivity index (χ4n) is 2.37. The van der Waals surface area contributed by atoms with E-state index in [1.807, 2.05) is 0 Å². The number of alkyl halides is 4. The third kappa shape index (κ3) is 1.47. The third-order valence-electron chi connectivity index (χ3n) is 3.45. The number of imidazole rings is 1. The number of aromatic nitrogens is 2. The van der Waals surface area contributed by atoms with Crippen molar-refractivity contribution in [1.29, 1.82) is 0 Å². The van der Waals surface area contributed by atoms with Crippen LogP contribution in [0, 0.1) is 0 Å². The van der Waals surface area contributed by atoms with Gasteiger partial charge in [-0.1, -0.05) is 30.3 Å². The van der Waals surface area contributed by atoms with E-state index in [9.17, 15) is 17.6 Å². The highest BCUT2D eigenvalue weighted by atomic mass is 19.3. The van der Waals surface area contributed by atoms with E-state index < -0.39 is 17.5 Å². The molecule has 3 rings (SSSR count). The van der Waals surface area contributed by atoms with E-state index in [0.717, 1.165) is 19.3 Å². The highest BCUT2D eigenvalue weighted by molar-refractivity contribution is 5.81. The van der Waals surface area contributed by atoms with E-state index in [0.29, 0.717) is 5.56 Å². The number of hydrogen-bond donors (Lipinski definition) is 0. The van der Waals surface area contributed by atoms with Gasteiger partial charge in [-0.15, -0.1) is 0 Å². The van der Waals surface area contributed by atoms with Gasteiger partial charge >= 0.3 is 12.0 Å². The molecule has 1 aromatic heterocycles. The minimum Gasteiger partial charge on any atom is -0.265 e. The number of rotatable bonds is 1. The maximum atomic E-state index is 14.0. The van der Waals surface area contributed by atoms with Crippen molar-refractivity contribution in [3.8, 4) is 0 Å². The van der Waals surface area contributed by atoms with Gasteiger partial charge in [0.05, 0.1) is 0 Å². The van der Waals surface area contributed by atoms with Crippen LogP contribution in [0.1, 0.15) is 18.3 Å². The molecule has 104 valence electrons. The Morgan fingerprint density at radius 1 is 1.05 bits per heavy atom. The molecule has 2 nitrogen and oxygen atoms in total. The van der Waals surface area contributed by atoms with Crippen molar-refractivity contribution < 1.29 is 17.6 Å². The Balaban J connectivity index is 2.34. The Morgan fingerprint density at radius 3 is 2.35 bits per heavy atom. The Labute approximate surface area is 112 Å². The van der Waals surface area contributed by atoms with E-state index >= 15 is 0 Å². The lowest BCUT2D eigenvalue weighted by molar-refractivity contribution is -0.242. The number of nitrogens with zero attached hydrogens (tertiary/aromatic N) is 2. The van der Waals surface area contributed by atoms with Crippen molar-refractivity contribution in [2.45, 2.75) is 18.9 Å². The van der Waals surface area contributed by atoms with E-state index in [4.69, 9.17) is 0 Å². The number of fused-ring (bicyclic) bond motifs is 1. The lowest BCUT2D eigenvalue weighted by Crippen LogP contribution is -2.47. The van der Waals surface area contributed by atoms with Gasteiger partial charge in [0.1, 0.15) is 5.82 Å². The monoisotopic (exact) mass is 282 g/mol. The minimum absolute atomic E-state index is 0.0477. The summed E-state index contributed by atoms with van der Waals surface area (Å²) in [5.74, 6) is -4.41. The molecular weight excluding hydrogens is 272 g/mol. The molecule has 1 aliphatic rings. The molecule has 0 N–H and O–H groups in total. The van der Waals surface area contributed by atoms with Crippen LogP contribution in [0.25, 0.3) is 5.57 Å². The van der Waals surface area contributed by atoms with Gasteiger partial charge < -0.3 is 0 Å². The van der Waals surface area contributed by atoms with Crippen LogP contribution >= 0.6 is 0 Å². The summed E-state index contributed by atoms with van der Waals surface area (Å²) < 4.78 is 56.0. The molecule has 0 amide bonds. The molecule has 0 atom stereocenters. The maximum absolute atomic E-state index is 14.0. The van der Waals surface area contributed by atoms with Crippen LogP contribution in [0.5, 0.6) is 0 Å². The van der Waals surface area contributed by atoms with Crippen LogP contribution < -0.4 is 0 Å². The molecule has 0 fully saturated rings. The average Bonchev–Trinajstić information content (AvgIpc) is 2.89. The molecular formula is C14H10F4N2. The van der Waals surface area contributed by atoms with Gasteiger partial charge in [0.2, 0.25) is 0 Å². The Bertz CT molecular complexity index is 686. The summed E-state index contributed by atoms with van der Waals surface area (Å²) in [6.07, 6.45) is 1.97. The van der Waals surface area contributed by atoms with Crippen LogP contribution in [0.15, 0.2) is 48.3 Å². The summed E-state index contributed by atoms with van der Waals surface area (Å²) in [4.78, 5) is 3.82. The lowest BCUT2D eigenvalue weighted by Gasteiger charge is -2.34. The summed E-state index contributed by atoms with van der Waals surface area (Å²) >= 11 is 0. The lowest BCUT2D eigenvalue weighted by atomic mass is 9.92. The predicted molar refractivity (Wildman–Crippen MR) is 65.5 cm³/mol. The Morgan fingerprint density at radius 2 is 1.70 bits per heavy atom. The van der Waals surface area contributed by atoms with Crippen molar-refractivity contribution in [3.63, 3.8) is 0 Å². The normalized spacial score (nSPS) is 19.9. The first-order valence-electron chi connectivity index (χ1n) is 5.94. The van der Waals surface area contributed by atoms with Crippen molar-refractivity contribution in [3.05, 3.63) is 59.7 Å². The molecule has 0 saturated carbocycles. The van der Waals surface area contributed by atoms with E-state index in [2.05, 4.69) is 4.98 Å². The van der Waals surface area contributed by atoms with E-state index in [1.54, 1.807) is 30.3 Å². The van der Waals surface area contributed by atoms with Crippen LogP contribution in [-0.4, -0.2) is 15.5 Å². The summed E-state index contributed by atoms with van der Waals surface area (Å²) in [6.45, 7) is 1.02. The SMILES string of the molecule is CC1=C(c2ccccc2)c2nccn2C(F)(F)C1(F)F. The summed E-state index contributed by atoms with van der Waals surface area (Å²) in [7, 11) is 0. The molecule has 2 aromatic rings. The Hall–Kier alpha value is -2.11. The van der Waals surface area contributed by atoms with Gasteiger partial charge in [-0.25, -0.2) is 4.98 Å². The fourth-order valence-corrected chi connectivity index (χ4v) is 2.37. The number of halogens is 4. The molecule has 0 unspecified atom stereocenters. The molecule has 2 heterocycles. The number of hydrogen-bond acceptors (Lipinski definition) is 1. The zero-order chi connectivity index (χ0) is 14.5. The van der Waals surface area contributed by atoms with Gasteiger partial charge in [-0.2, -0.15) is 17.6 Å². The van der Waals surface area contributed by atoms with Crippen LogP contribution in [-0.2, 0) is 6.05 Å². The highest BCUT2D eigenvalue weighted by Crippen LogP contribution is 2.51. The molecule has 1 aromatic carbocycles. The fraction of sp³-hybridized carbons (Fsp3) is 0.214.